The molecule has 0 heterocycles. The number of halogens is 1. The van der Waals surface area contributed by atoms with Crippen molar-refractivity contribution < 1.29 is 0 Å². The first kappa shape index (κ1) is 12.6. The summed E-state index contributed by atoms with van der Waals surface area (Å²) in [5, 5.41) is 3.39. The van der Waals surface area contributed by atoms with Gasteiger partial charge in [0.05, 0.1) is 0 Å². The molecule has 2 rings (SSSR count). The van der Waals surface area contributed by atoms with Gasteiger partial charge in [-0.25, -0.2) is 0 Å². The van der Waals surface area contributed by atoms with Crippen molar-refractivity contribution in [3.05, 3.63) is 66.2 Å². The van der Waals surface area contributed by atoms with E-state index in [9.17, 15) is 0 Å². The fourth-order valence-electron chi connectivity index (χ4n) is 1.55. The van der Waals surface area contributed by atoms with E-state index in [4.69, 9.17) is 0 Å². The van der Waals surface area contributed by atoms with Crippen LogP contribution in [0.5, 0.6) is 0 Å². The first-order valence-electron chi connectivity index (χ1n) is 5.28. The van der Waals surface area contributed by atoms with Gasteiger partial charge in [0, 0.05) is 12.2 Å². The number of hydrogen-bond acceptors (Lipinski definition) is 1. The Kier molecular flexibility index (Phi) is 5.44. The first-order chi connectivity index (χ1) is 7.45. The molecule has 0 atom stereocenters. The number of rotatable bonds is 4. The highest BCUT2D eigenvalue weighted by Gasteiger charge is 1.91. The number of para-hydroxylation sites is 1. The molecular weight excluding hydrogens is 218 g/mol. The molecule has 1 nitrogen and oxygen atoms in total. The van der Waals surface area contributed by atoms with Crippen molar-refractivity contribution in [3.8, 4) is 0 Å². The third-order valence-electron chi connectivity index (χ3n) is 2.36. The van der Waals surface area contributed by atoms with Crippen LogP contribution in [0.25, 0.3) is 0 Å². The van der Waals surface area contributed by atoms with Gasteiger partial charge < -0.3 is 5.32 Å². The van der Waals surface area contributed by atoms with Crippen LogP contribution in [0.4, 0.5) is 5.69 Å². The van der Waals surface area contributed by atoms with Crippen molar-refractivity contribution in [3.63, 3.8) is 0 Å². The van der Waals surface area contributed by atoms with Crippen LogP contribution in [0, 0.1) is 0 Å². The molecule has 2 aromatic rings. The Morgan fingerprint density at radius 2 is 1.31 bits per heavy atom. The SMILES string of the molecule is Cl.c1ccc(CCNc2ccccc2)cc1. The lowest BCUT2D eigenvalue weighted by Crippen LogP contribution is -2.04. The second-order valence-electron chi connectivity index (χ2n) is 3.53. The summed E-state index contributed by atoms with van der Waals surface area (Å²) in [4.78, 5) is 0. The van der Waals surface area contributed by atoms with Gasteiger partial charge in [0.2, 0.25) is 0 Å². The highest BCUT2D eigenvalue weighted by molar-refractivity contribution is 5.85. The molecule has 1 N–H and O–H groups in total. The van der Waals surface area contributed by atoms with E-state index in [2.05, 4.69) is 41.7 Å². The Bertz CT molecular complexity index is 346. The molecule has 2 heteroatoms. The van der Waals surface area contributed by atoms with Crippen LogP contribution in [0.3, 0.4) is 0 Å². The van der Waals surface area contributed by atoms with Crippen LogP contribution in [0.15, 0.2) is 60.7 Å². The van der Waals surface area contributed by atoms with E-state index in [1.165, 1.54) is 11.3 Å². The van der Waals surface area contributed by atoms with E-state index in [0.717, 1.165) is 13.0 Å². The zero-order valence-corrected chi connectivity index (χ0v) is 9.91. The quantitative estimate of drug-likeness (QED) is 0.848. The second-order valence-corrected chi connectivity index (χ2v) is 3.53. The molecule has 0 fully saturated rings. The second kappa shape index (κ2) is 6.91. The Morgan fingerprint density at radius 1 is 0.750 bits per heavy atom. The normalized spacial score (nSPS) is 9.25. The van der Waals surface area contributed by atoms with Crippen LogP contribution >= 0.6 is 12.4 Å². The van der Waals surface area contributed by atoms with Gasteiger partial charge >= 0.3 is 0 Å². The molecule has 84 valence electrons. The average Bonchev–Trinajstić information content (AvgIpc) is 2.32. The van der Waals surface area contributed by atoms with Gasteiger partial charge in [0.15, 0.2) is 0 Å². The molecular formula is C14H16ClN. The van der Waals surface area contributed by atoms with Gasteiger partial charge in [-0.05, 0) is 24.1 Å². The van der Waals surface area contributed by atoms with E-state index >= 15 is 0 Å². The molecule has 0 unspecified atom stereocenters. The molecule has 0 radical (unpaired) electrons. The zero-order valence-electron chi connectivity index (χ0n) is 9.10. The van der Waals surface area contributed by atoms with Gasteiger partial charge in [-0.15, -0.1) is 12.4 Å². The minimum Gasteiger partial charge on any atom is -0.385 e. The highest BCUT2D eigenvalue weighted by Crippen LogP contribution is 2.05. The van der Waals surface area contributed by atoms with E-state index in [1.807, 2.05) is 24.3 Å². The van der Waals surface area contributed by atoms with Gasteiger partial charge in [0.1, 0.15) is 0 Å². The number of nitrogens with one attached hydrogen (secondary N) is 1. The Hall–Kier alpha value is -1.47. The topological polar surface area (TPSA) is 12.0 Å². The lowest BCUT2D eigenvalue weighted by atomic mass is 10.1. The monoisotopic (exact) mass is 233 g/mol. The molecule has 0 aliphatic carbocycles. The third kappa shape index (κ3) is 3.95. The number of anilines is 1. The maximum atomic E-state index is 3.39. The van der Waals surface area contributed by atoms with E-state index in [1.54, 1.807) is 0 Å². The lowest BCUT2D eigenvalue weighted by molar-refractivity contribution is 1.02. The van der Waals surface area contributed by atoms with E-state index < -0.39 is 0 Å². The van der Waals surface area contributed by atoms with Crippen molar-refractivity contribution in [1.29, 1.82) is 0 Å². The minimum atomic E-state index is 0. The Balaban J connectivity index is 0.00000128. The number of benzene rings is 2. The van der Waals surface area contributed by atoms with Crippen molar-refractivity contribution >= 4 is 18.1 Å². The van der Waals surface area contributed by atoms with Gasteiger partial charge in [0.25, 0.3) is 0 Å². The summed E-state index contributed by atoms with van der Waals surface area (Å²) < 4.78 is 0. The van der Waals surface area contributed by atoms with Crippen LogP contribution in [-0.4, -0.2) is 6.54 Å². The van der Waals surface area contributed by atoms with Crippen LogP contribution in [-0.2, 0) is 6.42 Å². The lowest BCUT2D eigenvalue weighted by Gasteiger charge is -2.05. The summed E-state index contributed by atoms with van der Waals surface area (Å²) >= 11 is 0. The number of hydrogen-bond donors (Lipinski definition) is 1. The molecule has 0 spiro atoms. The van der Waals surface area contributed by atoms with Gasteiger partial charge in [-0.2, -0.15) is 0 Å². The average molecular weight is 234 g/mol. The van der Waals surface area contributed by atoms with Crippen molar-refractivity contribution in [2.75, 3.05) is 11.9 Å². The summed E-state index contributed by atoms with van der Waals surface area (Å²) in [5.41, 5.74) is 2.56. The Labute approximate surface area is 103 Å². The largest absolute Gasteiger partial charge is 0.385 e. The summed E-state index contributed by atoms with van der Waals surface area (Å²) in [6.45, 7) is 0.980. The van der Waals surface area contributed by atoms with Crippen LogP contribution < -0.4 is 5.32 Å². The van der Waals surface area contributed by atoms with E-state index in [0.29, 0.717) is 0 Å². The molecule has 0 amide bonds. The predicted molar refractivity (Wildman–Crippen MR) is 72.3 cm³/mol. The molecule has 2 aromatic carbocycles. The maximum Gasteiger partial charge on any atom is 0.0340 e. The van der Waals surface area contributed by atoms with Crippen LogP contribution in [0.2, 0.25) is 0 Å². The smallest absolute Gasteiger partial charge is 0.0340 e. The third-order valence-corrected chi connectivity index (χ3v) is 2.36. The van der Waals surface area contributed by atoms with Gasteiger partial charge in [-0.3, -0.25) is 0 Å². The molecule has 0 aromatic heterocycles. The first-order valence-corrected chi connectivity index (χ1v) is 5.28. The standard InChI is InChI=1S/C14H15N.ClH/c1-3-7-13(8-4-1)11-12-15-14-9-5-2-6-10-14;/h1-10,15H,11-12H2;1H. The fourth-order valence-corrected chi connectivity index (χ4v) is 1.55. The molecule has 0 aliphatic rings. The minimum absolute atomic E-state index is 0. The highest BCUT2D eigenvalue weighted by atomic mass is 35.5. The fraction of sp³-hybridized carbons (Fsp3) is 0.143. The van der Waals surface area contributed by atoms with Crippen molar-refractivity contribution in [1.82, 2.24) is 0 Å². The summed E-state index contributed by atoms with van der Waals surface area (Å²) in [6.07, 6.45) is 1.07. The predicted octanol–water partition coefficient (Wildman–Crippen LogP) is 3.76. The molecule has 16 heavy (non-hydrogen) atoms. The molecule has 0 saturated heterocycles. The summed E-state index contributed by atoms with van der Waals surface area (Å²) in [7, 11) is 0. The van der Waals surface area contributed by atoms with E-state index in [-0.39, 0.29) is 12.4 Å². The molecule has 0 saturated carbocycles. The summed E-state index contributed by atoms with van der Waals surface area (Å²) in [6, 6.07) is 20.8. The molecule has 0 aliphatic heterocycles. The zero-order chi connectivity index (χ0) is 10.3. The van der Waals surface area contributed by atoms with Crippen molar-refractivity contribution in [2.45, 2.75) is 6.42 Å². The van der Waals surface area contributed by atoms with Gasteiger partial charge in [-0.1, -0.05) is 48.5 Å². The van der Waals surface area contributed by atoms with Crippen LogP contribution in [0.1, 0.15) is 5.56 Å². The summed E-state index contributed by atoms with van der Waals surface area (Å²) in [5.74, 6) is 0. The molecule has 0 bridgehead atoms. The Morgan fingerprint density at radius 3 is 1.94 bits per heavy atom. The van der Waals surface area contributed by atoms with Crippen molar-refractivity contribution in [2.24, 2.45) is 0 Å². The maximum absolute atomic E-state index is 3.39.